The van der Waals surface area contributed by atoms with Crippen LogP contribution in [0.15, 0.2) is 27.5 Å². The Labute approximate surface area is 114 Å². The van der Waals surface area contributed by atoms with Gasteiger partial charge in [-0.15, -0.1) is 0 Å². The summed E-state index contributed by atoms with van der Waals surface area (Å²) in [5.74, 6) is 0. The molecule has 1 saturated heterocycles. The molecule has 3 rings (SSSR count). The molecule has 1 atom stereocenters. The summed E-state index contributed by atoms with van der Waals surface area (Å²) in [5, 5.41) is 0. The average Bonchev–Trinajstić information content (AvgIpc) is 2.65. The Balaban J connectivity index is 2.16. The molecule has 2 aromatic rings. The molecule has 1 aliphatic rings. The first-order chi connectivity index (χ1) is 8.66. The molecule has 1 aromatic carbocycles. The molecule has 1 fully saturated rings. The zero-order chi connectivity index (χ0) is 12.7. The Bertz CT molecular complexity index is 631. The van der Waals surface area contributed by atoms with Gasteiger partial charge in [0.05, 0.1) is 17.2 Å². The number of piperidine rings is 1. The minimum Gasteiger partial charge on any atom is -0.305 e. The van der Waals surface area contributed by atoms with Gasteiger partial charge in [0, 0.05) is 4.47 Å². The molecule has 0 aliphatic carbocycles. The number of hydrogen-bond acceptors (Lipinski definition) is 2. The van der Waals surface area contributed by atoms with Crippen LogP contribution in [0.1, 0.15) is 25.4 Å². The summed E-state index contributed by atoms with van der Waals surface area (Å²) in [6.07, 6.45) is 3.63. The summed E-state index contributed by atoms with van der Waals surface area (Å²) >= 11 is 3.43. The fraction of sp³-hybridized carbons (Fsp3) is 0.462. The summed E-state index contributed by atoms with van der Waals surface area (Å²) < 4.78 is 2.88. The molecule has 1 aromatic heterocycles. The number of fused-ring (bicyclic) bond motifs is 1. The van der Waals surface area contributed by atoms with Crippen LogP contribution in [0.2, 0.25) is 0 Å². The second-order valence-corrected chi connectivity index (χ2v) is 5.83. The third-order valence-corrected chi connectivity index (χ3v) is 4.20. The molecule has 0 amide bonds. The number of nitrogens with one attached hydrogen (secondary N) is 1. The zero-order valence-electron chi connectivity index (χ0n) is 10.3. The first-order valence-corrected chi connectivity index (χ1v) is 7.06. The maximum Gasteiger partial charge on any atom is 0.327 e. The van der Waals surface area contributed by atoms with Gasteiger partial charge in [0.15, 0.2) is 0 Å². The molecule has 5 heteroatoms. The smallest absolute Gasteiger partial charge is 0.305 e. The Morgan fingerprint density at radius 2 is 2.22 bits per heavy atom. The summed E-state index contributed by atoms with van der Waals surface area (Å²) in [4.78, 5) is 17.4. The first kappa shape index (κ1) is 12.0. The molecule has 1 N–H and O–H groups in total. The summed E-state index contributed by atoms with van der Waals surface area (Å²) in [7, 11) is 2.09. The van der Waals surface area contributed by atoms with Gasteiger partial charge >= 0.3 is 5.69 Å². The van der Waals surface area contributed by atoms with E-state index < -0.39 is 0 Å². The lowest BCUT2D eigenvalue weighted by Crippen LogP contribution is -2.37. The molecule has 4 nitrogen and oxygen atoms in total. The van der Waals surface area contributed by atoms with E-state index in [0.29, 0.717) is 0 Å². The number of hydrogen-bond donors (Lipinski definition) is 1. The van der Waals surface area contributed by atoms with Crippen molar-refractivity contribution in [2.75, 3.05) is 13.6 Å². The molecule has 18 heavy (non-hydrogen) atoms. The number of likely N-dealkylation sites (tertiary alicyclic amines) is 1. The third-order valence-electron chi connectivity index (χ3n) is 3.71. The lowest BCUT2D eigenvalue weighted by molar-refractivity contribution is 0.128. The fourth-order valence-electron chi connectivity index (χ4n) is 2.78. The first-order valence-electron chi connectivity index (χ1n) is 6.27. The molecule has 0 bridgehead atoms. The second kappa shape index (κ2) is 4.55. The van der Waals surface area contributed by atoms with Crippen LogP contribution < -0.4 is 5.69 Å². The van der Waals surface area contributed by atoms with Crippen LogP contribution in [0, 0.1) is 0 Å². The molecular weight excluding hydrogens is 294 g/mol. The van der Waals surface area contributed by atoms with E-state index in [4.69, 9.17) is 0 Å². The van der Waals surface area contributed by atoms with Gasteiger partial charge in [-0.25, -0.2) is 4.79 Å². The van der Waals surface area contributed by atoms with E-state index in [-0.39, 0.29) is 11.9 Å². The molecule has 0 saturated carbocycles. The topological polar surface area (TPSA) is 41.0 Å². The van der Waals surface area contributed by atoms with Crippen molar-refractivity contribution in [3.8, 4) is 0 Å². The normalized spacial score (nSPS) is 21.6. The van der Waals surface area contributed by atoms with Crippen LogP contribution in [-0.2, 0) is 0 Å². The minimum atomic E-state index is -0.0122. The van der Waals surface area contributed by atoms with E-state index in [1.54, 1.807) is 0 Å². The molecule has 2 heterocycles. The Kier molecular flexibility index (Phi) is 3.03. The van der Waals surface area contributed by atoms with Gasteiger partial charge in [-0.3, -0.25) is 9.47 Å². The Morgan fingerprint density at radius 1 is 1.39 bits per heavy atom. The number of benzene rings is 1. The van der Waals surface area contributed by atoms with Crippen molar-refractivity contribution in [3.05, 3.63) is 33.2 Å². The molecule has 0 spiro atoms. The van der Waals surface area contributed by atoms with Crippen LogP contribution in [0.5, 0.6) is 0 Å². The van der Waals surface area contributed by atoms with Crippen molar-refractivity contribution in [1.82, 2.24) is 14.5 Å². The number of aromatic amines is 1. The van der Waals surface area contributed by atoms with E-state index in [1.165, 1.54) is 12.8 Å². The highest BCUT2D eigenvalue weighted by Gasteiger charge is 2.23. The van der Waals surface area contributed by atoms with E-state index >= 15 is 0 Å². The molecule has 1 unspecified atom stereocenters. The molecular formula is C13H16BrN3O. The highest BCUT2D eigenvalue weighted by molar-refractivity contribution is 9.10. The standard InChI is InChI=1S/C13H16BrN3O/c1-16-7-3-2-4-12(16)17-11-6-5-9(14)8-10(11)15-13(17)18/h5-6,8,12H,2-4,7H2,1H3,(H,15,18). The van der Waals surface area contributed by atoms with Crippen LogP contribution in [-0.4, -0.2) is 28.0 Å². The number of H-pyrrole nitrogens is 1. The number of rotatable bonds is 1. The lowest BCUT2D eigenvalue weighted by atomic mass is 10.1. The van der Waals surface area contributed by atoms with Crippen LogP contribution in [0.3, 0.4) is 0 Å². The van der Waals surface area contributed by atoms with Crippen molar-refractivity contribution in [2.24, 2.45) is 0 Å². The van der Waals surface area contributed by atoms with Crippen molar-refractivity contribution >= 4 is 27.0 Å². The molecule has 96 valence electrons. The molecule has 0 radical (unpaired) electrons. The van der Waals surface area contributed by atoms with Crippen LogP contribution in [0.25, 0.3) is 11.0 Å². The van der Waals surface area contributed by atoms with Gasteiger partial charge in [0.1, 0.15) is 0 Å². The van der Waals surface area contributed by atoms with Crippen LogP contribution >= 0.6 is 15.9 Å². The van der Waals surface area contributed by atoms with Crippen molar-refractivity contribution < 1.29 is 0 Å². The van der Waals surface area contributed by atoms with E-state index in [0.717, 1.165) is 28.5 Å². The number of halogens is 1. The predicted molar refractivity (Wildman–Crippen MR) is 75.8 cm³/mol. The van der Waals surface area contributed by atoms with Crippen LogP contribution in [0.4, 0.5) is 0 Å². The minimum absolute atomic E-state index is 0.0122. The Morgan fingerprint density at radius 3 is 3.00 bits per heavy atom. The summed E-state index contributed by atoms with van der Waals surface area (Å²) in [5.41, 5.74) is 1.87. The van der Waals surface area contributed by atoms with Gasteiger partial charge in [-0.1, -0.05) is 15.9 Å². The number of imidazole rings is 1. The van der Waals surface area contributed by atoms with Gasteiger partial charge in [0.2, 0.25) is 0 Å². The van der Waals surface area contributed by atoms with E-state index in [1.807, 2.05) is 22.8 Å². The van der Waals surface area contributed by atoms with E-state index in [9.17, 15) is 4.79 Å². The SMILES string of the molecule is CN1CCCCC1n1c(=O)[nH]c2cc(Br)ccc21. The lowest BCUT2D eigenvalue weighted by Gasteiger charge is -2.33. The quantitative estimate of drug-likeness (QED) is 0.880. The average molecular weight is 310 g/mol. The highest BCUT2D eigenvalue weighted by Crippen LogP contribution is 2.27. The third kappa shape index (κ3) is 1.91. The van der Waals surface area contributed by atoms with Gasteiger partial charge < -0.3 is 4.98 Å². The maximum atomic E-state index is 12.2. The summed E-state index contributed by atoms with van der Waals surface area (Å²) in [6, 6.07) is 5.94. The van der Waals surface area contributed by atoms with Crippen molar-refractivity contribution in [2.45, 2.75) is 25.4 Å². The monoisotopic (exact) mass is 309 g/mol. The maximum absolute atomic E-state index is 12.2. The predicted octanol–water partition coefficient (Wildman–Crippen LogP) is 2.71. The second-order valence-electron chi connectivity index (χ2n) is 4.92. The van der Waals surface area contributed by atoms with Gasteiger partial charge in [-0.05, 0) is 51.1 Å². The van der Waals surface area contributed by atoms with Crippen molar-refractivity contribution in [3.63, 3.8) is 0 Å². The Hall–Kier alpha value is -1.07. The number of aromatic nitrogens is 2. The fourth-order valence-corrected chi connectivity index (χ4v) is 3.14. The van der Waals surface area contributed by atoms with Crippen molar-refractivity contribution in [1.29, 1.82) is 0 Å². The van der Waals surface area contributed by atoms with E-state index in [2.05, 4.69) is 32.9 Å². The molecule has 1 aliphatic heterocycles. The largest absolute Gasteiger partial charge is 0.327 e. The highest BCUT2D eigenvalue weighted by atomic mass is 79.9. The van der Waals surface area contributed by atoms with Gasteiger partial charge in [-0.2, -0.15) is 0 Å². The number of nitrogens with zero attached hydrogens (tertiary/aromatic N) is 2. The summed E-state index contributed by atoms with van der Waals surface area (Å²) in [6.45, 7) is 1.06. The van der Waals surface area contributed by atoms with Gasteiger partial charge in [0.25, 0.3) is 0 Å². The zero-order valence-corrected chi connectivity index (χ0v) is 11.9.